The predicted molar refractivity (Wildman–Crippen MR) is 97.4 cm³/mol. The number of aryl methyl sites for hydroxylation is 2. The van der Waals surface area contributed by atoms with Gasteiger partial charge in [0, 0.05) is 17.8 Å². The third-order valence-corrected chi connectivity index (χ3v) is 4.55. The van der Waals surface area contributed by atoms with Crippen LogP contribution < -0.4 is 5.32 Å². The van der Waals surface area contributed by atoms with Gasteiger partial charge >= 0.3 is 0 Å². The molecular formula is C17H15N7OS. The van der Waals surface area contributed by atoms with Crippen molar-refractivity contribution in [1.29, 1.82) is 0 Å². The number of hydrogen-bond acceptors (Lipinski definition) is 7. The van der Waals surface area contributed by atoms with Crippen LogP contribution in [-0.2, 0) is 6.42 Å². The molecule has 4 rings (SSSR count). The van der Waals surface area contributed by atoms with Crippen LogP contribution in [0.3, 0.4) is 0 Å². The van der Waals surface area contributed by atoms with Crippen molar-refractivity contribution in [2.45, 2.75) is 20.3 Å². The van der Waals surface area contributed by atoms with Gasteiger partial charge in [0.1, 0.15) is 5.01 Å². The zero-order valence-electron chi connectivity index (χ0n) is 14.2. The lowest BCUT2D eigenvalue weighted by Gasteiger charge is -1.97. The van der Waals surface area contributed by atoms with Crippen molar-refractivity contribution in [3.63, 3.8) is 0 Å². The zero-order valence-corrected chi connectivity index (χ0v) is 15.0. The van der Waals surface area contributed by atoms with Crippen molar-refractivity contribution in [3.05, 3.63) is 64.2 Å². The Hall–Kier alpha value is -3.20. The molecule has 3 aromatic heterocycles. The van der Waals surface area contributed by atoms with Gasteiger partial charge < -0.3 is 0 Å². The second kappa shape index (κ2) is 6.60. The number of anilines is 1. The van der Waals surface area contributed by atoms with E-state index in [-0.39, 0.29) is 5.82 Å². The number of carbonyl (C=O) groups excluding carboxylic acids is 1. The third-order valence-electron chi connectivity index (χ3n) is 3.71. The monoisotopic (exact) mass is 365 g/mol. The highest BCUT2D eigenvalue weighted by Gasteiger charge is 2.17. The summed E-state index contributed by atoms with van der Waals surface area (Å²) in [4.78, 5) is 20.9. The van der Waals surface area contributed by atoms with Crippen LogP contribution in [0.15, 0.2) is 36.4 Å². The van der Waals surface area contributed by atoms with Gasteiger partial charge in [-0.05, 0) is 25.5 Å². The molecule has 0 aliphatic rings. The van der Waals surface area contributed by atoms with Gasteiger partial charge in [0.25, 0.3) is 11.7 Å². The lowest BCUT2D eigenvalue weighted by atomic mass is 10.2. The minimum Gasteiger partial charge on any atom is -0.294 e. The molecule has 0 saturated heterocycles. The highest BCUT2D eigenvalue weighted by atomic mass is 32.1. The Labute approximate surface area is 153 Å². The van der Waals surface area contributed by atoms with Crippen LogP contribution in [0.5, 0.6) is 0 Å². The van der Waals surface area contributed by atoms with Gasteiger partial charge in [0.15, 0.2) is 0 Å². The van der Waals surface area contributed by atoms with Gasteiger partial charge in [0.2, 0.25) is 11.0 Å². The van der Waals surface area contributed by atoms with E-state index in [1.807, 2.05) is 50.2 Å². The highest BCUT2D eigenvalue weighted by molar-refractivity contribution is 7.15. The second-order valence-corrected chi connectivity index (χ2v) is 6.87. The van der Waals surface area contributed by atoms with E-state index in [2.05, 4.69) is 30.6 Å². The van der Waals surface area contributed by atoms with E-state index >= 15 is 0 Å². The molecule has 1 N–H and O–H groups in total. The smallest absolute Gasteiger partial charge is 0.294 e. The Kier molecular flexibility index (Phi) is 4.13. The third kappa shape index (κ3) is 3.29. The van der Waals surface area contributed by atoms with Crippen molar-refractivity contribution in [2.24, 2.45) is 0 Å². The van der Waals surface area contributed by atoms with Crippen molar-refractivity contribution >= 4 is 28.2 Å². The van der Waals surface area contributed by atoms with Crippen LogP contribution in [-0.4, -0.2) is 35.7 Å². The van der Waals surface area contributed by atoms with Crippen LogP contribution in [0.1, 0.15) is 32.6 Å². The lowest BCUT2D eigenvalue weighted by molar-refractivity contribution is 0.101. The Morgan fingerprint density at radius 1 is 1.15 bits per heavy atom. The first kappa shape index (κ1) is 16.3. The maximum atomic E-state index is 12.4. The van der Waals surface area contributed by atoms with Crippen molar-refractivity contribution in [1.82, 2.24) is 29.8 Å². The summed E-state index contributed by atoms with van der Waals surface area (Å²) in [5, 5.41) is 16.3. The molecule has 0 radical (unpaired) electrons. The predicted octanol–water partition coefficient (Wildman–Crippen LogP) is 2.44. The molecule has 3 heterocycles. The van der Waals surface area contributed by atoms with Gasteiger partial charge in [-0.25, -0.2) is 9.50 Å². The van der Waals surface area contributed by atoms with E-state index in [1.54, 1.807) is 4.52 Å². The molecule has 0 atom stereocenters. The standard InChI is InChI=1S/C17H15N7OS/c1-10-8-11(2)24-16(18-10)19-14(23-24)15(25)20-17-22-21-13(26-17)9-12-6-4-3-5-7-12/h3-8H,9H2,1-2H3,(H,20,22,25). The molecule has 0 fully saturated rings. The number of benzene rings is 1. The highest BCUT2D eigenvalue weighted by Crippen LogP contribution is 2.19. The van der Waals surface area contributed by atoms with Gasteiger partial charge in [0.05, 0.1) is 0 Å². The fourth-order valence-corrected chi connectivity index (χ4v) is 3.33. The van der Waals surface area contributed by atoms with Gasteiger partial charge in [-0.1, -0.05) is 41.7 Å². The molecule has 8 nitrogen and oxygen atoms in total. The largest absolute Gasteiger partial charge is 0.297 e. The molecular weight excluding hydrogens is 350 g/mol. The van der Waals surface area contributed by atoms with Crippen LogP contribution >= 0.6 is 11.3 Å². The fraction of sp³-hybridized carbons (Fsp3) is 0.176. The Bertz CT molecular complexity index is 1090. The van der Waals surface area contributed by atoms with Gasteiger partial charge in [-0.2, -0.15) is 4.98 Å². The Balaban J connectivity index is 1.51. The normalized spacial score (nSPS) is 11.0. The number of nitrogens with one attached hydrogen (secondary N) is 1. The van der Waals surface area contributed by atoms with Crippen LogP contribution in [0.2, 0.25) is 0 Å². The minimum absolute atomic E-state index is 0.0472. The summed E-state index contributed by atoms with van der Waals surface area (Å²) in [5.41, 5.74) is 2.82. The molecule has 4 aromatic rings. The number of nitrogens with zero attached hydrogens (tertiary/aromatic N) is 6. The van der Waals surface area contributed by atoms with E-state index in [4.69, 9.17) is 0 Å². The summed E-state index contributed by atoms with van der Waals surface area (Å²) in [5.74, 6) is 0.00986. The number of fused-ring (bicyclic) bond motifs is 1. The van der Waals surface area contributed by atoms with E-state index in [1.165, 1.54) is 11.3 Å². The minimum atomic E-state index is -0.435. The van der Waals surface area contributed by atoms with E-state index in [9.17, 15) is 4.79 Å². The SMILES string of the molecule is Cc1cc(C)n2nc(C(=O)Nc3nnc(Cc4ccccc4)s3)nc2n1. The van der Waals surface area contributed by atoms with Crippen molar-refractivity contribution in [3.8, 4) is 0 Å². The molecule has 0 aliphatic heterocycles. The summed E-state index contributed by atoms with van der Waals surface area (Å²) in [6.45, 7) is 3.76. The zero-order chi connectivity index (χ0) is 18.1. The summed E-state index contributed by atoms with van der Waals surface area (Å²) in [7, 11) is 0. The molecule has 0 spiro atoms. The van der Waals surface area contributed by atoms with Crippen LogP contribution in [0.25, 0.3) is 5.78 Å². The lowest BCUT2D eigenvalue weighted by Crippen LogP contribution is -2.13. The fourth-order valence-electron chi connectivity index (χ4n) is 2.56. The number of rotatable bonds is 4. The van der Waals surface area contributed by atoms with Gasteiger partial charge in [-0.3, -0.25) is 10.1 Å². The van der Waals surface area contributed by atoms with E-state index in [0.717, 1.165) is 22.0 Å². The van der Waals surface area contributed by atoms with Crippen LogP contribution in [0, 0.1) is 13.8 Å². The van der Waals surface area contributed by atoms with E-state index in [0.29, 0.717) is 17.3 Å². The molecule has 0 saturated carbocycles. The number of carbonyl (C=O) groups is 1. The average molecular weight is 365 g/mol. The number of hydrogen-bond donors (Lipinski definition) is 1. The first-order valence-corrected chi connectivity index (χ1v) is 8.79. The maximum absolute atomic E-state index is 12.4. The Morgan fingerprint density at radius 2 is 1.96 bits per heavy atom. The molecule has 1 aromatic carbocycles. The first-order valence-electron chi connectivity index (χ1n) is 7.97. The number of aromatic nitrogens is 6. The van der Waals surface area contributed by atoms with Gasteiger partial charge in [-0.15, -0.1) is 15.3 Å². The van der Waals surface area contributed by atoms with Crippen molar-refractivity contribution in [2.75, 3.05) is 5.32 Å². The van der Waals surface area contributed by atoms with Crippen molar-refractivity contribution < 1.29 is 4.79 Å². The summed E-state index contributed by atoms with van der Waals surface area (Å²) in [6, 6.07) is 11.9. The molecule has 0 bridgehead atoms. The topological polar surface area (TPSA) is 98.0 Å². The van der Waals surface area contributed by atoms with E-state index < -0.39 is 5.91 Å². The summed E-state index contributed by atoms with van der Waals surface area (Å²) in [6.07, 6.45) is 0.670. The first-order chi connectivity index (χ1) is 12.6. The van der Waals surface area contributed by atoms with Crippen LogP contribution in [0.4, 0.5) is 5.13 Å². The summed E-state index contributed by atoms with van der Waals surface area (Å²) >= 11 is 1.33. The maximum Gasteiger partial charge on any atom is 0.297 e. The molecule has 26 heavy (non-hydrogen) atoms. The molecule has 1 amide bonds. The summed E-state index contributed by atoms with van der Waals surface area (Å²) < 4.78 is 1.54. The Morgan fingerprint density at radius 3 is 2.77 bits per heavy atom. The average Bonchev–Trinajstić information content (AvgIpc) is 3.23. The second-order valence-electron chi connectivity index (χ2n) is 5.80. The number of amides is 1. The molecule has 0 aliphatic carbocycles. The molecule has 130 valence electrons. The molecule has 0 unspecified atom stereocenters. The molecule has 9 heteroatoms. The quantitative estimate of drug-likeness (QED) is 0.596.